The summed E-state index contributed by atoms with van der Waals surface area (Å²) >= 11 is 5.95. The Kier molecular flexibility index (Phi) is 4.41. The molecule has 134 valence electrons. The quantitative estimate of drug-likeness (QED) is 0.710. The number of hydrogen-bond acceptors (Lipinski definition) is 6. The molecule has 1 aliphatic heterocycles. The van der Waals surface area contributed by atoms with E-state index in [1.807, 2.05) is 0 Å². The van der Waals surface area contributed by atoms with Gasteiger partial charge in [-0.25, -0.2) is 22.0 Å². The maximum absolute atomic E-state index is 12.6. The van der Waals surface area contributed by atoms with Gasteiger partial charge in [0, 0.05) is 5.56 Å². The fourth-order valence-corrected chi connectivity index (χ4v) is 5.01. The molecule has 0 aromatic heterocycles. The zero-order valence-electron chi connectivity index (χ0n) is 12.9. The summed E-state index contributed by atoms with van der Waals surface area (Å²) in [5.74, 6) is 0.485. The number of fused-ring (bicyclic) bond motifs is 1. The van der Waals surface area contributed by atoms with E-state index in [2.05, 4.69) is 10.0 Å². The van der Waals surface area contributed by atoms with Gasteiger partial charge in [-0.05, 0) is 18.2 Å². The highest BCUT2D eigenvalue weighted by atomic mass is 35.5. The van der Waals surface area contributed by atoms with Crippen molar-refractivity contribution < 1.29 is 21.6 Å². The molecule has 1 aliphatic rings. The number of anilines is 1. The summed E-state index contributed by atoms with van der Waals surface area (Å²) in [4.78, 5) is -0.720. The minimum Gasteiger partial charge on any atom is -0.496 e. The molecule has 4 N–H and O–H groups in total. The summed E-state index contributed by atoms with van der Waals surface area (Å²) in [7, 11) is -6.70. The number of nitrogens with one attached hydrogen (secondary N) is 2. The Hall–Kier alpha value is -1.85. The molecule has 11 heteroatoms. The number of benzene rings is 2. The lowest BCUT2D eigenvalue weighted by Gasteiger charge is -2.29. The number of rotatable bonds is 3. The van der Waals surface area contributed by atoms with Gasteiger partial charge in [0.2, 0.25) is 20.0 Å². The molecule has 1 unspecified atom stereocenters. The minimum atomic E-state index is -4.17. The largest absolute Gasteiger partial charge is 0.496 e. The molecule has 0 bridgehead atoms. The van der Waals surface area contributed by atoms with Gasteiger partial charge in [-0.1, -0.05) is 29.8 Å². The standard InChI is InChI=1S/C14H14ClN3O5S2/c1-23-11-5-3-2-4-8(11)14-17-10-6-9(15)12(24(16,19)20)7-13(10)25(21,22)18-14/h2-7,14,17-18H,1H3,(H2,16,19,20). The van der Waals surface area contributed by atoms with Gasteiger partial charge < -0.3 is 10.1 Å². The molecule has 0 saturated carbocycles. The molecule has 0 fully saturated rings. The van der Waals surface area contributed by atoms with Crippen molar-refractivity contribution in [3.8, 4) is 5.75 Å². The van der Waals surface area contributed by atoms with E-state index in [1.165, 1.54) is 13.2 Å². The fraction of sp³-hybridized carbons (Fsp3) is 0.143. The van der Waals surface area contributed by atoms with E-state index in [4.69, 9.17) is 21.5 Å². The molecular formula is C14H14ClN3O5S2. The molecule has 25 heavy (non-hydrogen) atoms. The van der Waals surface area contributed by atoms with E-state index < -0.39 is 31.1 Å². The van der Waals surface area contributed by atoms with Gasteiger partial charge in [0.15, 0.2) is 0 Å². The second kappa shape index (κ2) is 6.15. The van der Waals surface area contributed by atoms with Crippen LogP contribution < -0.4 is 19.9 Å². The monoisotopic (exact) mass is 403 g/mol. The van der Waals surface area contributed by atoms with Gasteiger partial charge >= 0.3 is 0 Å². The number of methoxy groups -OCH3 is 1. The van der Waals surface area contributed by atoms with Gasteiger partial charge in [0.1, 0.15) is 21.7 Å². The van der Waals surface area contributed by atoms with Crippen LogP contribution in [-0.4, -0.2) is 23.9 Å². The highest BCUT2D eigenvalue weighted by molar-refractivity contribution is 7.90. The first kappa shape index (κ1) is 18.0. The number of hydrogen-bond donors (Lipinski definition) is 3. The molecule has 0 spiro atoms. The third kappa shape index (κ3) is 3.31. The lowest BCUT2D eigenvalue weighted by atomic mass is 10.1. The van der Waals surface area contributed by atoms with Crippen LogP contribution in [0.25, 0.3) is 0 Å². The lowest BCUT2D eigenvalue weighted by molar-refractivity contribution is 0.405. The van der Waals surface area contributed by atoms with Crippen LogP contribution in [0.15, 0.2) is 46.2 Å². The van der Waals surface area contributed by atoms with Crippen LogP contribution >= 0.6 is 11.6 Å². The number of para-hydroxylation sites is 1. The van der Waals surface area contributed by atoms with Crippen LogP contribution in [0.3, 0.4) is 0 Å². The Morgan fingerprint density at radius 3 is 2.56 bits per heavy atom. The highest BCUT2D eigenvalue weighted by Gasteiger charge is 2.33. The van der Waals surface area contributed by atoms with Gasteiger partial charge in [0.25, 0.3) is 0 Å². The molecule has 8 nitrogen and oxygen atoms in total. The molecule has 0 amide bonds. The van der Waals surface area contributed by atoms with Crippen molar-refractivity contribution in [2.75, 3.05) is 12.4 Å². The van der Waals surface area contributed by atoms with Crippen LogP contribution in [-0.2, 0) is 20.0 Å². The number of sulfonamides is 2. The molecule has 1 atom stereocenters. The third-order valence-corrected chi connectivity index (χ3v) is 6.49. The van der Waals surface area contributed by atoms with Crippen molar-refractivity contribution in [1.29, 1.82) is 0 Å². The summed E-state index contributed by atoms with van der Waals surface area (Å²) < 4.78 is 56.0. The van der Waals surface area contributed by atoms with E-state index in [0.717, 1.165) is 6.07 Å². The maximum atomic E-state index is 12.6. The van der Waals surface area contributed by atoms with E-state index in [1.54, 1.807) is 24.3 Å². The van der Waals surface area contributed by atoms with Crippen LogP contribution in [0.1, 0.15) is 11.7 Å². The Balaban J connectivity index is 2.15. The van der Waals surface area contributed by atoms with Crippen molar-refractivity contribution in [1.82, 2.24) is 4.72 Å². The highest BCUT2D eigenvalue weighted by Crippen LogP contribution is 2.38. The third-order valence-electron chi connectivity index (χ3n) is 3.65. The molecule has 0 saturated heterocycles. The van der Waals surface area contributed by atoms with Crippen LogP contribution in [0.4, 0.5) is 5.69 Å². The van der Waals surface area contributed by atoms with Crippen molar-refractivity contribution in [2.45, 2.75) is 16.0 Å². The SMILES string of the molecule is COc1ccccc1C1Nc2cc(Cl)c(S(N)(=O)=O)cc2S(=O)(=O)N1. The molecule has 1 heterocycles. The zero-order valence-corrected chi connectivity index (χ0v) is 15.2. The van der Waals surface area contributed by atoms with E-state index in [9.17, 15) is 16.8 Å². The van der Waals surface area contributed by atoms with E-state index in [0.29, 0.717) is 11.3 Å². The van der Waals surface area contributed by atoms with E-state index >= 15 is 0 Å². The smallest absolute Gasteiger partial charge is 0.244 e. The summed E-state index contributed by atoms with van der Waals surface area (Å²) in [6.07, 6.45) is -0.815. The van der Waals surface area contributed by atoms with Gasteiger partial charge in [-0.15, -0.1) is 0 Å². The average Bonchev–Trinajstić information content (AvgIpc) is 2.52. The molecular weight excluding hydrogens is 390 g/mol. The Bertz CT molecular complexity index is 1050. The predicted molar refractivity (Wildman–Crippen MR) is 92.5 cm³/mol. The van der Waals surface area contributed by atoms with Crippen molar-refractivity contribution in [3.63, 3.8) is 0 Å². The minimum absolute atomic E-state index is 0.159. The first-order valence-electron chi connectivity index (χ1n) is 6.91. The topological polar surface area (TPSA) is 128 Å². The van der Waals surface area contributed by atoms with Gasteiger partial charge in [-0.2, -0.15) is 4.72 Å². The van der Waals surface area contributed by atoms with Crippen molar-refractivity contribution in [3.05, 3.63) is 47.0 Å². The summed E-state index contributed by atoms with van der Waals surface area (Å²) in [6, 6.07) is 9.03. The predicted octanol–water partition coefficient (Wildman–Crippen LogP) is 1.40. The number of ether oxygens (including phenoxy) is 1. The maximum Gasteiger partial charge on any atom is 0.244 e. The summed E-state index contributed by atoms with van der Waals surface area (Å²) in [5.41, 5.74) is 0.720. The van der Waals surface area contributed by atoms with Crippen molar-refractivity contribution >= 4 is 37.3 Å². The Morgan fingerprint density at radius 2 is 1.92 bits per heavy atom. The molecule has 0 radical (unpaired) electrons. The van der Waals surface area contributed by atoms with Crippen molar-refractivity contribution in [2.24, 2.45) is 5.14 Å². The number of halogens is 1. The zero-order chi connectivity index (χ0) is 18.4. The molecule has 2 aromatic carbocycles. The second-order valence-corrected chi connectivity index (χ2v) is 8.88. The summed E-state index contributed by atoms with van der Waals surface area (Å²) in [5, 5.41) is 7.87. The second-order valence-electron chi connectivity index (χ2n) is 5.26. The summed E-state index contributed by atoms with van der Waals surface area (Å²) in [6.45, 7) is 0. The molecule has 3 rings (SSSR count). The van der Waals surface area contributed by atoms with Crippen LogP contribution in [0.5, 0.6) is 5.75 Å². The Morgan fingerprint density at radius 1 is 1.24 bits per heavy atom. The first-order valence-corrected chi connectivity index (χ1v) is 10.3. The van der Waals surface area contributed by atoms with Gasteiger partial charge in [-0.3, -0.25) is 0 Å². The van der Waals surface area contributed by atoms with Gasteiger partial charge in [0.05, 0.1) is 17.8 Å². The fourth-order valence-electron chi connectivity index (χ4n) is 2.54. The Labute approximate surface area is 150 Å². The number of nitrogens with two attached hydrogens (primary N) is 1. The van der Waals surface area contributed by atoms with Crippen LogP contribution in [0, 0.1) is 0 Å². The number of primary sulfonamides is 1. The molecule has 0 aliphatic carbocycles. The van der Waals surface area contributed by atoms with Crippen LogP contribution in [0.2, 0.25) is 5.02 Å². The lowest BCUT2D eigenvalue weighted by Crippen LogP contribution is -2.38. The normalized spacial score (nSPS) is 18.9. The first-order chi connectivity index (χ1) is 11.6. The average molecular weight is 404 g/mol. The van der Waals surface area contributed by atoms with E-state index in [-0.39, 0.29) is 15.6 Å². The molecule has 2 aromatic rings.